The van der Waals surface area contributed by atoms with Gasteiger partial charge in [-0.1, -0.05) is 5.16 Å². The maximum absolute atomic E-state index is 5.87. The predicted molar refractivity (Wildman–Crippen MR) is 44.7 cm³/mol. The average Bonchev–Trinajstić information content (AvgIpc) is 2.87. The molecule has 5 nitrogen and oxygen atoms in total. The molecule has 1 aliphatic carbocycles. The van der Waals surface area contributed by atoms with Crippen molar-refractivity contribution in [1.82, 2.24) is 10.1 Å². The molecule has 1 aromatic heterocycles. The standard InChI is InChI=1S/C8H13N3O2/c1-12-4-6-10-8(13-11-6)7(9)5-2-3-5/h5,7H,2-4,9H2,1H3. The van der Waals surface area contributed by atoms with E-state index in [-0.39, 0.29) is 6.04 Å². The van der Waals surface area contributed by atoms with E-state index in [1.165, 1.54) is 12.8 Å². The maximum Gasteiger partial charge on any atom is 0.243 e. The summed E-state index contributed by atoms with van der Waals surface area (Å²) in [7, 11) is 1.59. The third-order valence-electron chi connectivity index (χ3n) is 2.17. The molecule has 0 radical (unpaired) electrons. The first-order chi connectivity index (χ1) is 6.31. The molecule has 5 heteroatoms. The summed E-state index contributed by atoms with van der Waals surface area (Å²) in [5.74, 6) is 1.64. The van der Waals surface area contributed by atoms with Gasteiger partial charge in [0.25, 0.3) is 0 Å². The second kappa shape index (κ2) is 3.43. The molecule has 0 saturated heterocycles. The van der Waals surface area contributed by atoms with E-state index >= 15 is 0 Å². The largest absolute Gasteiger partial charge is 0.377 e. The Bertz CT molecular complexity index is 283. The van der Waals surface area contributed by atoms with Crippen LogP contribution in [0.4, 0.5) is 0 Å². The third kappa shape index (κ3) is 1.87. The Morgan fingerprint density at radius 2 is 2.46 bits per heavy atom. The molecular weight excluding hydrogens is 170 g/mol. The minimum absolute atomic E-state index is 0.0851. The van der Waals surface area contributed by atoms with Crippen LogP contribution in [0.1, 0.15) is 30.6 Å². The molecule has 0 spiro atoms. The lowest BCUT2D eigenvalue weighted by Gasteiger charge is -2.01. The van der Waals surface area contributed by atoms with Crippen LogP contribution in [-0.4, -0.2) is 17.3 Å². The molecule has 1 heterocycles. The molecule has 0 amide bonds. The van der Waals surface area contributed by atoms with Gasteiger partial charge in [-0.2, -0.15) is 4.98 Å². The van der Waals surface area contributed by atoms with Crippen LogP contribution in [0.2, 0.25) is 0 Å². The van der Waals surface area contributed by atoms with Gasteiger partial charge in [-0.3, -0.25) is 0 Å². The smallest absolute Gasteiger partial charge is 0.243 e. The van der Waals surface area contributed by atoms with Gasteiger partial charge in [-0.15, -0.1) is 0 Å². The lowest BCUT2D eigenvalue weighted by Crippen LogP contribution is -2.12. The Kier molecular flexibility index (Phi) is 2.28. The molecule has 1 aliphatic rings. The first kappa shape index (κ1) is 8.65. The fourth-order valence-electron chi connectivity index (χ4n) is 1.25. The van der Waals surface area contributed by atoms with Crippen LogP contribution in [0.15, 0.2) is 4.52 Å². The summed E-state index contributed by atoms with van der Waals surface area (Å²) in [6, 6.07) is -0.0851. The summed E-state index contributed by atoms with van der Waals surface area (Å²) in [6.07, 6.45) is 2.34. The van der Waals surface area contributed by atoms with E-state index in [0.29, 0.717) is 24.2 Å². The number of aromatic nitrogens is 2. The molecule has 0 aliphatic heterocycles. The van der Waals surface area contributed by atoms with Crippen LogP contribution in [0.3, 0.4) is 0 Å². The number of nitrogens with two attached hydrogens (primary N) is 1. The third-order valence-corrected chi connectivity index (χ3v) is 2.17. The van der Waals surface area contributed by atoms with Crippen molar-refractivity contribution in [2.24, 2.45) is 11.7 Å². The van der Waals surface area contributed by atoms with Crippen molar-refractivity contribution < 1.29 is 9.26 Å². The fraction of sp³-hybridized carbons (Fsp3) is 0.750. The predicted octanol–water partition coefficient (Wildman–Crippen LogP) is 0.626. The Hall–Kier alpha value is -0.940. The Morgan fingerprint density at radius 3 is 3.08 bits per heavy atom. The first-order valence-electron chi connectivity index (χ1n) is 4.38. The Morgan fingerprint density at radius 1 is 1.69 bits per heavy atom. The van der Waals surface area contributed by atoms with Crippen LogP contribution in [0, 0.1) is 5.92 Å². The zero-order chi connectivity index (χ0) is 9.26. The van der Waals surface area contributed by atoms with Crippen LogP contribution in [-0.2, 0) is 11.3 Å². The minimum Gasteiger partial charge on any atom is -0.377 e. The highest BCUT2D eigenvalue weighted by Gasteiger charge is 2.33. The van der Waals surface area contributed by atoms with E-state index in [1.807, 2.05) is 0 Å². The van der Waals surface area contributed by atoms with E-state index in [2.05, 4.69) is 10.1 Å². The van der Waals surface area contributed by atoms with Crippen molar-refractivity contribution in [1.29, 1.82) is 0 Å². The summed E-state index contributed by atoms with van der Waals surface area (Å²) in [5.41, 5.74) is 5.87. The maximum atomic E-state index is 5.87. The van der Waals surface area contributed by atoms with Crippen LogP contribution in [0.25, 0.3) is 0 Å². The number of methoxy groups -OCH3 is 1. The zero-order valence-corrected chi connectivity index (χ0v) is 7.56. The highest BCUT2D eigenvalue weighted by Crippen LogP contribution is 2.38. The van der Waals surface area contributed by atoms with Gasteiger partial charge >= 0.3 is 0 Å². The fourth-order valence-corrected chi connectivity index (χ4v) is 1.25. The molecule has 13 heavy (non-hydrogen) atoms. The van der Waals surface area contributed by atoms with E-state index in [1.54, 1.807) is 7.11 Å². The molecular formula is C8H13N3O2. The lowest BCUT2D eigenvalue weighted by molar-refractivity contribution is 0.174. The summed E-state index contributed by atoms with van der Waals surface area (Å²) in [4.78, 5) is 4.13. The van der Waals surface area contributed by atoms with E-state index in [9.17, 15) is 0 Å². The van der Waals surface area contributed by atoms with Gasteiger partial charge in [0.15, 0.2) is 5.82 Å². The Labute approximate surface area is 76.3 Å². The van der Waals surface area contributed by atoms with Gasteiger partial charge in [0.05, 0.1) is 6.04 Å². The number of ether oxygens (including phenoxy) is 1. The molecule has 1 unspecified atom stereocenters. The molecule has 0 bridgehead atoms. The van der Waals surface area contributed by atoms with Crippen LogP contribution in [0.5, 0.6) is 0 Å². The van der Waals surface area contributed by atoms with Crippen molar-refractivity contribution in [3.05, 3.63) is 11.7 Å². The molecule has 1 saturated carbocycles. The quantitative estimate of drug-likeness (QED) is 0.740. The molecule has 1 atom stereocenters. The molecule has 2 rings (SSSR count). The highest BCUT2D eigenvalue weighted by molar-refractivity contribution is 4.97. The van der Waals surface area contributed by atoms with Gasteiger partial charge < -0.3 is 15.0 Å². The normalized spacial score (nSPS) is 18.9. The minimum atomic E-state index is -0.0851. The van der Waals surface area contributed by atoms with E-state index in [4.69, 9.17) is 15.0 Å². The summed E-state index contributed by atoms with van der Waals surface area (Å²) < 4.78 is 9.89. The van der Waals surface area contributed by atoms with Gasteiger partial charge in [0.1, 0.15) is 6.61 Å². The zero-order valence-electron chi connectivity index (χ0n) is 7.56. The van der Waals surface area contributed by atoms with Gasteiger partial charge in [0, 0.05) is 7.11 Å². The lowest BCUT2D eigenvalue weighted by atomic mass is 10.2. The molecule has 2 N–H and O–H groups in total. The summed E-state index contributed by atoms with van der Waals surface area (Å²) in [6.45, 7) is 0.376. The summed E-state index contributed by atoms with van der Waals surface area (Å²) in [5, 5.41) is 3.75. The van der Waals surface area contributed by atoms with E-state index < -0.39 is 0 Å². The SMILES string of the molecule is COCc1noc(C(N)C2CC2)n1. The van der Waals surface area contributed by atoms with Crippen molar-refractivity contribution in [2.75, 3.05) is 7.11 Å². The number of hydrogen-bond acceptors (Lipinski definition) is 5. The number of rotatable bonds is 4. The average molecular weight is 183 g/mol. The second-order valence-electron chi connectivity index (χ2n) is 3.35. The summed E-state index contributed by atoms with van der Waals surface area (Å²) >= 11 is 0. The molecule has 1 fully saturated rings. The van der Waals surface area contributed by atoms with Gasteiger partial charge in [0.2, 0.25) is 5.89 Å². The van der Waals surface area contributed by atoms with Crippen molar-refractivity contribution in [3.8, 4) is 0 Å². The monoisotopic (exact) mass is 183 g/mol. The number of nitrogens with zero attached hydrogens (tertiary/aromatic N) is 2. The van der Waals surface area contributed by atoms with Crippen molar-refractivity contribution >= 4 is 0 Å². The van der Waals surface area contributed by atoms with Crippen molar-refractivity contribution in [2.45, 2.75) is 25.5 Å². The van der Waals surface area contributed by atoms with Gasteiger partial charge in [-0.25, -0.2) is 0 Å². The number of hydrogen-bond donors (Lipinski definition) is 1. The highest BCUT2D eigenvalue weighted by atomic mass is 16.5. The van der Waals surface area contributed by atoms with Crippen LogP contribution >= 0.6 is 0 Å². The Balaban J connectivity index is 2.03. The second-order valence-corrected chi connectivity index (χ2v) is 3.35. The topological polar surface area (TPSA) is 74.2 Å². The van der Waals surface area contributed by atoms with Crippen molar-refractivity contribution in [3.63, 3.8) is 0 Å². The first-order valence-corrected chi connectivity index (χ1v) is 4.38. The molecule has 72 valence electrons. The van der Waals surface area contributed by atoms with Gasteiger partial charge in [-0.05, 0) is 18.8 Å². The van der Waals surface area contributed by atoms with Crippen LogP contribution < -0.4 is 5.73 Å². The molecule has 0 aromatic carbocycles. The van der Waals surface area contributed by atoms with E-state index in [0.717, 1.165) is 0 Å². The molecule has 1 aromatic rings.